The van der Waals surface area contributed by atoms with Gasteiger partial charge in [0.25, 0.3) is 0 Å². The van der Waals surface area contributed by atoms with Crippen LogP contribution in [-0.4, -0.2) is 48.9 Å². The number of aromatic hydroxyl groups is 2. The summed E-state index contributed by atoms with van der Waals surface area (Å²) in [6.07, 6.45) is 7.53. The quantitative estimate of drug-likeness (QED) is 0.157. The third-order valence-electron chi connectivity index (χ3n) is 6.82. The van der Waals surface area contributed by atoms with Crippen molar-refractivity contribution >= 4 is 12.4 Å². The third kappa shape index (κ3) is 9.19. The second-order valence-corrected chi connectivity index (χ2v) is 11.8. The summed E-state index contributed by atoms with van der Waals surface area (Å²) >= 11 is 0. The van der Waals surface area contributed by atoms with Gasteiger partial charge in [0.1, 0.15) is 23.0 Å². The van der Waals surface area contributed by atoms with Crippen molar-refractivity contribution in [2.24, 2.45) is 9.98 Å². The topological polar surface area (TPSA) is 142 Å². The predicted molar refractivity (Wildman–Crippen MR) is 158 cm³/mol. The summed E-state index contributed by atoms with van der Waals surface area (Å²) in [7, 11) is 3.26. The molecule has 0 heterocycles. The Labute approximate surface area is 248 Å². The molecule has 2 N–H and O–H groups in total. The van der Waals surface area contributed by atoms with Crippen molar-refractivity contribution in [1.82, 2.24) is 0 Å². The number of rotatable bonds is 6. The zero-order chi connectivity index (χ0) is 29.4. The Morgan fingerprint density at radius 2 is 1.07 bits per heavy atom. The number of hydrogen-bond donors (Lipinski definition) is 2. The number of phenols is 2. The van der Waals surface area contributed by atoms with Gasteiger partial charge >= 0.3 is 0 Å². The maximum absolute atomic E-state index is 10.9. The second kappa shape index (κ2) is 15.0. The molecule has 9 nitrogen and oxygen atoms in total. The number of aliphatic imine (C=N–C) groups is 2. The molecule has 0 aliphatic heterocycles. The van der Waals surface area contributed by atoms with Gasteiger partial charge in [-0.3, -0.25) is 14.9 Å². The van der Waals surface area contributed by atoms with E-state index in [0.717, 1.165) is 36.8 Å². The molecular weight excluding hydrogens is 546 g/mol. The number of benzene rings is 2. The van der Waals surface area contributed by atoms with Crippen molar-refractivity contribution < 1.29 is 37.0 Å². The minimum Gasteiger partial charge on any atom is -0.507 e. The molecule has 1 fully saturated rings. The van der Waals surface area contributed by atoms with E-state index in [4.69, 9.17) is 30.5 Å². The molecule has 2 atom stereocenters. The Bertz CT molecular complexity index is 1140. The Hall–Kier alpha value is -3.18. The van der Waals surface area contributed by atoms with Crippen LogP contribution in [0.25, 0.3) is 16.0 Å². The van der Waals surface area contributed by atoms with E-state index in [-0.39, 0.29) is 51.8 Å². The van der Waals surface area contributed by atoms with Gasteiger partial charge in [-0.05, 0) is 47.9 Å². The average molecular weight is 589 g/mol. The van der Waals surface area contributed by atoms with Crippen LogP contribution >= 0.6 is 0 Å². The molecule has 10 heteroatoms. The van der Waals surface area contributed by atoms with Crippen LogP contribution in [0.1, 0.15) is 89.5 Å². The largest absolute Gasteiger partial charge is 0.507 e. The van der Waals surface area contributed by atoms with Crippen LogP contribution in [0.2, 0.25) is 0 Å². The normalized spacial score (nSPS) is 17.5. The fourth-order valence-electron chi connectivity index (χ4n) is 4.63. The second-order valence-electron chi connectivity index (χ2n) is 11.8. The van der Waals surface area contributed by atoms with E-state index in [9.17, 15) is 10.2 Å². The molecule has 218 valence electrons. The van der Waals surface area contributed by atoms with Crippen LogP contribution < -0.4 is 9.47 Å². The van der Waals surface area contributed by atoms with Gasteiger partial charge in [-0.1, -0.05) is 54.4 Å². The Morgan fingerprint density at radius 3 is 1.35 bits per heavy atom. The molecule has 1 saturated carbocycles. The summed E-state index contributed by atoms with van der Waals surface area (Å²) in [6.45, 7) is 12.4. The summed E-state index contributed by atoms with van der Waals surface area (Å²) in [6, 6.07) is 7.39. The minimum atomic E-state index is -0.233. The summed E-state index contributed by atoms with van der Waals surface area (Å²) in [4.78, 5) is 11.3. The van der Waals surface area contributed by atoms with Gasteiger partial charge in [-0.25, -0.2) is 0 Å². The SMILES string of the molecule is COc1cc(C=N[C@@H]2CCCC[C@H]2N=Cc2cc(OC)cc(C(C)(C)C)c2O)c(O)c(C(C)(C)C)c1.[Cr].[N-]=[N+]=[N-]. The molecule has 40 heavy (non-hydrogen) atoms. The Kier molecular flexibility index (Phi) is 13.1. The zero-order valence-corrected chi connectivity index (χ0v) is 26.1. The van der Waals surface area contributed by atoms with Crippen LogP contribution in [0.4, 0.5) is 0 Å². The molecule has 2 aromatic carbocycles. The fourth-order valence-corrected chi connectivity index (χ4v) is 4.63. The molecule has 1 aliphatic carbocycles. The van der Waals surface area contributed by atoms with Gasteiger partial charge in [0.2, 0.25) is 0 Å². The monoisotopic (exact) mass is 588 g/mol. The predicted octanol–water partition coefficient (Wildman–Crippen LogP) is 7.42. The van der Waals surface area contributed by atoms with Gasteiger partial charge in [-0.2, -0.15) is 0 Å². The zero-order valence-electron chi connectivity index (χ0n) is 24.8. The fraction of sp³-hybridized carbons (Fsp3) is 0.533. The first-order chi connectivity index (χ1) is 18.3. The summed E-state index contributed by atoms with van der Waals surface area (Å²) in [5.41, 5.74) is 16.0. The van der Waals surface area contributed by atoms with E-state index in [1.807, 2.05) is 24.3 Å². The van der Waals surface area contributed by atoms with Crippen molar-refractivity contribution in [3.63, 3.8) is 0 Å². The van der Waals surface area contributed by atoms with Crippen molar-refractivity contribution in [3.05, 3.63) is 62.5 Å². The molecule has 0 spiro atoms. The molecule has 3 rings (SSSR count). The van der Waals surface area contributed by atoms with E-state index >= 15 is 0 Å². The smallest absolute Gasteiger partial charge is 0.128 e. The van der Waals surface area contributed by atoms with Crippen molar-refractivity contribution in [2.45, 2.75) is 90.1 Å². The standard InChI is InChI=1S/C30H42N2O4.Cr.N3/c1-29(2,3)23-15-21(35-7)13-19(27(23)33)17-31-25-11-9-10-12-26(25)32-18-20-14-22(36-8)16-24(28(20)34)30(4,5)6;;1-3-2/h13-18,25-26,33-34H,9-12H2,1-8H3;;/q;;-1/t25-,26-;;/m1../s1. The first kappa shape index (κ1) is 34.8. The van der Waals surface area contributed by atoms with E-state index in [1.54, 1.807) is 26.6 Å². The Morgan fingerprint density at radius 1 is 0.750 bits per heavy atom. The maximum atomic E-state index is 10.9. The van der Waals surface area contributed by atoms with Gasteiger partial charge in [0, 0.05) is 52.0 Å². The van der Waals surface area contributed by atoms with Crippen LogP contribution in [0.3, 0.4) is 0 Å². The van der Waals surface area contributed by atoms with Crippen LogP contribution in [0.15, 0.2) is 34.3 Å². The molecule has 1 aliphatic rings. The van der Waals surface area contributed by atoms with Crippen LogP contribution in [0, 0.1) is 0 Å². The van der Waals surface area contributed by atoms with Crippen molar-refractivity contribution in [1.29, 1.82) is 0 Å². The number of nitrogens with zero attached hydrogens (tertiary/aromatic N) is 5. The Balaban J connectivity index is 0.00000191. The van der Waals surface area contributed by atoms with Crippen molar-refractivity contribution in [3.8, 4) is 23.0 Å². The number of hydrogen-bond acceptors (Lipinski definition) is 6. The first-order valence-corrected chi connectivity index (χ1v) is 13.1. The number of phenolic OH excluding ortho intramolecular Hbond substituents is 2. The maximum Gasteiger partial charge on any atom is 0.128 e. The summed E-state index contributed by atoms with van der Waals surface area (Å²) in [5.74, 6) is 1.86. The average Bonchev–Trinajstić information content (AvgIpc) is 2.87. The number of ether oxygens (including phenoxy) is 2. The molecule has 2 aromatic rings. The van der Waals surface area contributed by atoms with E-state index in [1.165, 1.54) is 4.91 Å². The van der Waals surface area contributed by atoms with E-state index in [0.29, 0.717) is 22.6 Å². The molecule has 0 aromatic heterocycles. The molecular formula is C30H42CrN5O4-. The van der Waals surface area contributed by atoms with Gasteiger partial charge in [0.05, 0.1) is 26.3 Å². The van der Waals surface area contributed by atoms with Gasteiger partial charge < -0.3 is 30.7 Å². The first-order valence-electron chi connectivity index (χ1n) is 13.1. The molecule has 0 amide bonds. The van der Waals surface area contributed by atoms with Crippen molar-refractivity contribution in [2.75, 3.05) is 14.2 Å². The van der Waals surface area contributed by atoms with Gasteiger partial charge in [-0.15, -0.1) is 0 Å². The summed E-state index contributed by atoms with van der Waals surface area (Å²) in [5, 5.41) is 21.9. The molecule has 0 radical (unpaired) electrons. The third-order valence-corrected chi connectivity index (χ3v) is 6.82. The van der Waals surface area contributed by atoms with E-state index in [2.05, 4.69) is 41.5 Å². The molecule has 0 unspecified atom stereocenters. The molecule has 0 saturated heterocycles. The number of methoxy groups -OCH3 is 2. The van der Waals surface area contributed by atoms with Crippen LogP contribution in [-0.2, 0) is 28.2 Å². The summed E-state index contributed by atoms with van der Waals surface area (Å²) < 4.78 is 11.0. The van der Waals surface area contributed by atoms with Crippen LogP contribution in [0.5, 0.6) is 23.0 Å². The minimum absolute atomic E-state index is 0. The van der Waals surface area contributed by atoms with Gasteiger partial charge in [0.15, 0.2) is 0 Å². The molecule has 0 bridgehead atoms. The van der Waals surface area contributed by atoms with E-state index < -0.39 is 0 Å².